The molecule has 1 heterocycles. The molecule has 2 aromatic rings. The van der Waals surface area contributed by atoms with Crippen molar-refractivity contribution in [2.45, 2.75) is 56.8 Å². The number of piperidine rings is 1. The zero-order chi connectivity index (χ0) is 23.3. The minimum atomic E-state index is -1.60. The summed E-state index contributed by atoms with van der Waals surface area (Å²) < 4.78 is 5.87. The number of aliphatic imine (C=N–C) groups is 1. The molecule has 0 aromatic heterocycles. The number of ether oxygens (including phenoxy) is 1. The van der Waals surface area contributed by atoms with Crippen molar-refractivity contribution in [3.05, 3.63) is 65.7 Å². The summed E-state index contributed by atoms with van der Waals surface area (Å²) in [5, 5.41) is 21.0. The minimum absolute atomic E-state index is 0.116. The summed E-state index contributed by atoms with van der Waals surface area (Å²) in [5.74, 6) is 0.0298. The number of guanidine groups is 1. The van der Waals surface area contributed by atoms with Gasteiger partial charge >= 0.3 is 5.97 Å². The molecule has 2 aliphatic rings. The molecule has 4 rings (SSSR count). The molecule has 0 spiro atoms. The van der Waals surface area contributed by atoms with Crippen LogP contribution in [0.15, 0.2) is 59.6 Å². The second-order valence-electron chi connectivity index (χ2n) is 9.05. The third kappa shape index (κ3) is 5.30. The van der Waals surface area contributed by atoms with Crippen molar-refractivity contribution < 1.29 is 19.7 Å². The van der Waals surface area contributed by atoms with Crippen molar-refractivity contribution in [3.8, 4) is 5.75 Å². The van der Waals surface area contributed by atoms with E-state index in [0.717, 1.165) is 31.2 Å². The van der Waals surface area contributed by atoms with Crippen LogP contribution in [-0.4, -0.2) is 46.2 Å². The predicted molar refractivity (Wildman–Crippen MR) is 126 cm³/mol. The van der Waals surface area contributed by atoms with Crippen molar-refractivity contribution in [1.82, 2.24) is 4.90 Å². The second-order valence-corrected chi connectivity index (χ2v) is 9.05. The van der Waals surface area contributed by atoms with Crippen LogP contribution in [0.2, 0.25) is 0 Å². The number of aromatic hydroxyl groups is 1. The molecule has 176 valence electrons. The van der Waals surface area contributed by atoms with E-state index in [-0.39, 0.29) is 17.8 Å². The Morgan fingerprint density at radius 1 is 1.03 bits per heavy atom. The highest BCUT2D eigenvalue weighted by atomic mass is 16.6. The number of rotatable bonds is 6. The van der Waals surface area contributed by atoms with E-state index in [4.69, 9.17) is 10.5 Å². The van der Waals surface area contributed by atoms with Crippen molar-refractivity contribution in [2.24, 2.45) is 16.6 Å². The third-order valence-electron chi connectivity index (χ3n) is 6.87. The Bertz CT molecular complexity index is 949. The average Bonchev–Trinajstić information content (AvgIpc) is 3.39. The molecule has 1 aliphatic carbocycles. The predicted octanol–water partition coefficient (Wildman–Crippen LogP) is 3.29. The summed E-state index contributed by atoms with van der Waals surface area (Å²) in [7, 11) is 0. The lowest BCUT2D eigenvalue weighted by Crippen LogP contribution is -2.48. The van der Waals surface area contributed by atoms with E-state index < -0.39 is 11.6 Å². The third-order valence-corrected chi connectivity index (χ3v) is 6.87. The number of carbonyl (C=O) groups is 1. The molecule has 7 heteroatoms. The van der Waals surface area contributed by atoms with Gasteiger partial charge in [0, 0.05) is 31.8 Å². The molecule has 4 N–H and O–H groups in total. The first-order chi connectivity index (χ1) is 16.0. The molecule has 0 bridgehead atoms. The van der Waals surface area contributed by atoms with Crippen LogP contribution < -0.4 is 5.73 Å². The van der Waals surface area contributed by atoms with Crippen LogP contribution in [0, 0.1) is 5.92 Å². The van der Waals surface area contributed by atoms with E-state index in [0.29, 0.717) is 44.0 Å². The van der Waals surface area contributed by atoms with Gasteiger partial charge in [-0.25, -0.2) is 9.79 Å². The highest BCUT2D eigenvalue weighted by Gasteiger charge is 2.48. The maximum Gasteiger partial charge on any atom is 0.343 e. The van der Waals surface area contributed by atoms with Crippen molar-refractivity contribution in [2.75, 3.05) is 13.1 Å². The molecule has 2 aromatic carbocycles. The largest absolute Gasteiger partial charge is 0.508 e. The maximum absolute atomic E-state index is 13.3. The summed E-state index contributed by atoms with van der Waals surface area (Å²) >= 11 is 0. The molecule has 0 radical (unpaired) electrons. The molecule has 33 heavy (non-hydrogen) atoms. The number of esters is 1. The van der Waals surface area contributed by atoms with Crippen LogP contribution in [0.1, 0.15) is 49.7 Å². The normalized spacial score (nSPS) is 19.9. The molecular weight excluding hydrogens is 418 g/mol. The number of benzene rings is 2. The molecule has 7 nitrogen and oxygen atoms in total. The number of phenolic OH excluding ortho intramolecular Hbond substituents is 1. The van der Waals surface area contributed by atoms with E-state index in [9.17, 15) is 15.0 Å². The Hall–Kier alpha value is -3.06. The highest BCUT2D eigenvalue weighted by molar-refractivity contribution is 5.82. The quantitative estimate of drug-likeness (QED) is 0.353. The Balaban J connectivity index is 1.35. The van der Waals surface area contributed by atoms with Gasteiger partial charge in [0.2, 0.25) is 0 Å². The van der Waals surface area contributed by atoms with Gasteiger partial charge in [-0.15, -0.1) is 0 Å². The van der Waals surface area contributed by atoms with Crippen molar-refractivity contribution in [3.63, 3.8) is 0 Å². The minimum Gasteiger partial charge on any atom is -0.508 e. The molecule has 1 aliphatic heterocycles. The highest BCUT2D eigenvalue weighted by Crippen LogP contribution is 2.42. The number of aliphatic hydroxyl groups is 1. The van der Waals surface area contributed by atoms with Gasteiger partial charge in [-0.1, -0.05) is 55.3 Å². The lowest BCUT2D eigenvalue weighted by molar-refractivity contribution is -0.181. The van der Waals surface area contributed by atoms with Crippen LogP contribution >= 0.6 is 0 Å². The maximum atomic E-state index is 13.3. The number of nitrogens with zero attached hydrogens (tertiary/aromatic N) is 2. The molecule has 0 unspecified atom stereocenters. The summed E-state index contributed by atoms with van der Waals surface area (Å²) in [6, 6.07) is 16.1. The van der Waals surface area contributed by atoms with Crippen molar-refractivity contribution >= 4 is 11.9 Å². The molecule has 1 saturated heterocycles. The van der Waals surface area contributed by atoms with Gasteiger partial charge in [-0.2, -0.15) is 0 Å². The fourth-order valence-corrected chi connectivity index (χ4v) is 4.87. The summed E-state index contributed by atoms with van der Waals surface area (Å²) in [5.41, 5.74) is 6.16. The molecule has 1 saturated carbocycles. The fourth-order valence-electron chi connectivity index (χ4n) is 4.87. The number of carbonyl (C=O) groups excluding carboxylic acids is 1. The van der Waals surface area contributed by atoms with E-state index in [2.05, 4.69) is 4.99 Å². The van der Waals surface area contributed by atoms with Gasteiger partial charge in [0.15, 0.2) is 11.6 Å². The molecule has 0 amide bonds. The Kier molecular flexibility index (Phi) is 7.18. The molecule has 1 atom stereocenters. The number of hydrogen-bond acceptors (Lipinski definition) is 5. The smallest absolute Gasteiger partial charge is 0.343 e. The van der Waals surface area contributed by atoms with Gasteiger partial charge in [0.05, 0.1) is 6.54 Å². The van der Waals surface area contributed by atoms with Crippen LogP contribution in [-0.2, 0) is 21.7 Å². The standard InChI is InChI=1S/C26H33N3O4/c27-25(28-18-19-10-12-22(30)13-11-19)29-16-14-23(15-17-29)33-24(31)26(32,21-8-4-5-9-21)20-6-2-1-3-7-20/h1-3,6-7,10-13,21,23,30,32H,4-5,8-9,14-18H2,(H2,27,28)/t26-/m0/s1. The first-order valence-electron chi connectivity index (χ1n) is 11.8. The van der Waals surface area contributed by atoms with Crippen LogP contribution in [0.4, 0.5) is 0 Å². The summed E-state index contributed by atoms with van der Waals surface area (Å²) in [6.45, 7) is 1.71. The van der Waals surface area contributed by atoms with E-state index in [1.54, 1.807) is 12.1 Å². The van der Waals surface area contributed by atoms with E-state index in [1.807, 2.05) is 47.4 Å². The molecule has 2 fully saturated rings. The van der Waals surface area contributed by atoms with Gasteiger partial charge in [-0.05, 0) is 36.1 Å². The monoisotopic (exact) mass is 451 g/mol. The zero-order valence-electron chi connectivity index (χ0n) is 18.9. The first-order valence-corrected chi connectivity index (χ1v) is 11.8. The van der Waals surface area contributed by atoms with Crippen LogP contribution in [0.5, 0.6) is 5.75 Å². The topological polar surface area (TPSA) is 108 Å². The summed E-state index contributed by atoms with van der Waals surface area (Å²) in [4.78, 5) is 19.7. The summed E-state index contributed by atoms with van der Waals surface area (Å²) in [6.07, 6.45) is 4.71. The van der Waals surface area contributed by atoms with Crippen LogP contribution in [0.3, 0.4) is 0 Å². The number of likely N-dealkylation sites (tertiary alicyclic amines) is 1. The number of hydrogen-bond donors (Lipinski definition) is 3. The second kappa shape index (κ2) is 10.3. The van der Waals surface area contributed by atoms with Crippen LogP contribution in [0.25, 0.3) is 0 Å². The zero-order valence-corrected chi connectivity index (χ0v) is 18.9. The fraction of sp³-hybridized carbons (Fsp3) is 0.462. The SMILES string of the molecule is NC(=NCc1ccc(O)cc1)N1CCC(OC(=O)[C@](O)(c2ccccc2)C2CCCC2)CC1. The average molecular weight is 452 g/mol. The lowest BCUT2D eigenvalue weighted by atomic mass is 9.80. The Morgan fingerprint density at radius 2 is 1.67 bits per heavy atom. The van der Waals surface area contributed by atoms with Gasteiger partial charge in [0.1, 0.15) is 11.9 Å². The van der Waals surface area contributed by atoms with Crippen molar-refractivity contribution in [1.29, 1.82) is 0 Å². The Morgan fingerprint density at radius 3 is 2.30 bits per heavy atom. The number of nitrogens with two attached hydrogens (primary N) is 1. The molecular formula is C26H33N3O4. The first kappa shape index (κ1) is 23.1. The Labute approximate surface area is 194 Å². The number of phenols is 1. The van der Waals surface area contributed by atoms with Gasteiger partial charge in [-0.3, -0.25) is 0 Å². The van der Waals surface area contributed by atoms with Gasteiger partial charge < -0.3 is 25.6 Å². The van der Waals surface area contributed by atoms with E-state index in [1.165, 1.54) is 0 Å². The van der Waals surface area contributed by atoms with Gasteiger partial charge in [0.25, 0.3) is 0 Å². The lowest BCUT2D eigenvalue weighted by Gasteiger charge is -2.36. The van der Waals surface area contributed by atoms with E-state index >= 15 is 0 Å².